The van der Waals surface area contributed by atoms with Gasteiger partial charge in [-0.2, -0.15) is 0 Å². The van der Waals surface area contributed by atoms with Crippen LogP contribution in [-0.4, -0.2) is 37.6 Å². The molecule has 0 aliphatic heterocycles. The third kappa shape index (κ3) is 2.67. The molecule has 0 aliphatic rings. The summed E-state index contributed by atoms with van der Waals surface area (Å²) in [6.45, 7) is 0. The van der Waals surface area contributed by atoms with Gasteiger partial charge in [-0.25, -0.2) is 0 Å². The number of rotatable bonds is 4. The van der Waals surface area contributed by atoms with Gasteiger partial charge in [0.25, 0.3) is 0 Å². The van der Waals surface area contributed by atoms with Crippen molar-refractivity contribution in [2.24, 2.45) is 0 Å². The Kier molecular flexibility index (Phi) is 3.20. The highest BCUT2D eigenvalue weighted by Gasteiger charge is 2.28. The first-order valence-electron chi connectivity index (χ1n) is 2.99. The minimum atomic E-state index is -1.52. The van der Waals surface area contributed by atoms with Gasteiger partial charge in [0.1, 0.15) is 5.51 Å². The molecular weight excluding hydrogens is 216 g/mol. The summed E-state index contributed by atoms with van der Waals surface area (Å²) in [4.78, 5) is 20.8. The van der Waals surface area contributed by atoms with Crippen LogP contribution in [0.3, 0.4) is 0 Å². The summed E-state index contributed by atoms with van der Waals surface area (Å²) in [5, 5.41) is 22.5. The fraction of sp³-hybridized carbons (Fsp3) is 0.200. The zero-order chi connectivity index (χ0) is 9.84. The molecule has 0 spiro atoms. The van der Waals surface area contributed by atoms with Gasteiger partial charge in [0.2, 0.25) is 5.25 Å². The van der Waals surface area contributed by atoms with Crippen LogP contribution in [0.2, 0.25) is 0 Å². The van der Waals surface area contributed by atoms with E-state index in [4.69, 9.17) is 10.2 Å². The van der Waals surface area contributed by atoms with Gasteiger partial charge in [0, 0.05) is 0 Å². The average Bonchev–Trinajstić information content (AvgIpc) is 2.50. The smallest absolute Gasteiger partial charge is 0.328 e. The van der Waals surface area contributed by atoms with Crippen molar-refractivity contribution in [2.75, 3.05) is 0 Å². The Morgan fingerprint density at radius 1 is 1.46 bits per heavy atom. The van der Waals surface area contributed by atoms with Gasteiger partial charge in [-0.3, -0.25) is 9.59 Å². The number of nitrogens with zero attached hydrogens (tertiary/aromatic N) is 2. The fourth-order valence-corrected chi connectivity index (χ4v) is 1.94. The number of carboxylic acid groups (broad SMARTS) is 2. The predicted molar refractivity (Wildman–Crippen MR) is 44.8 cm³/mol. The van der Waals surface area contributed by atoms with Crippen LogP contribution in [0.4, 0.5) is 0 Å². The molecule has 0 saturated heterocycles. The van der Waals surface area contributed by atoms with E-state index in [1.807, 2.05) is 0 Å². The average molecular weight is 220 g/mol. The summed E-state index contributed by atoms with van der Waals surface area (Å²) in [7, 11) is 0. The summed E-state index contributed by atoms with van der Waals surface area (Å²) < 4.78 is 0.329. The first kappa shape index (κ1) is 9.93. The van der Waals surface area contributed by atoms with E-state index in [1.165, 1.54) is 5.51 Å². The normalized spacial score (nSPS) is 10.2. The number of carboxylic acids is 2. The Morgan fingerprint density at radius 2 is 2.08 bits per heavy atom. The molecule has 0 unspecified atom stereocenters. The molecule has 1 rings (SSSR count). The van der Waals surface area contributed by atoms with Crippen molar-refractivity contribution in [1.82, 2.24) is 10.2 Å². The largest absolute Gasteiger partial charge is 0.480 e. The van der Waals surface area contributed by atoms with Gasteiger partial charge in [0.05, 0.1) is 0 Å². The Hall–Kier alpha value is -1.15. The zero-order valence-electron chi connectivity index (χ0n) is 6.08. The van der Waals surface area contributed by atoms with Gasteiger partial charge in [-0.1, -0.05) is 23.1 Å². The third-order valence-corrected chi connectivity index (χ3v) is 2.99. The molecule has 1 aromatic rings. The summed E-state index contributed by atoms with van der Waals surface area (Å²) >= 11 is 1.76. The van der Waals surface area contributed by atoms with Crippen molar-refractivity contribution in [2.45, 2.75) is 9.59 Å². The minimum Gasteiger partial charge on any atom is -0.480 e. The summed E-state index contributed by atoms with van der Waals surface area (Å²) in [6, 6.07) is 0. The highest BCUT2D eigenvalue weighted by molar-refractivity contribution is 8.02. The number of hydrogen-bond donors (Lipinski definition) is 2. The lowest BCUT2D eigenvalue weighted by atomic mass is 10.4. The van der Waals surface area contributed by atoms with Gasteiger partial charge in [-0.05, 0) is 0 Å². The van der Waals surface area contributed by atoms with Crippen molar-refractivity contribution in [3.63, 3.8) is 0 Å². The van der Waals surface area contributed by atoms with Crippen molar-refractivity contribution in [3.8, 4) is 0 Å². The van der Waals surface area contributed by atoms with E-state index >= 15 is 0 Å². The second-order valence-electron chi connectivity index (χ2n) is 1.88. The molecule has 0 aromatic carbocycles. The SMILES string of the molecule is O=C(O)C(Sc1nncs1)C(=O)O. The first-order valence-corrected chi connectivity index (χ1v) is 4.75. The molecule has 8 heteroatoms. The minimum absolute atomic E-state index is 0.329. The van der Waals surface area contributed by atoms with Gasteiger partial charge < -0.3 is 10.2 Å². The van der Waals surface area contributed by atoms with Crippen molar-refractivity contribution in [1.29, 1.82) is 0 Å². The number of hydrogen-bond acceptors (Lipinski definition) is 6. The lowest BCUT2D eigenvalue weighted by Crippen LogP contribution is -2.25. The Balaban J connectivity index is 2.69. The number of thioether (sulfide) groups is 1. The molecule has 0 aliphatic carbocycles. The molecule has 1 heterocycles. The molecule has 0 amide bonds. The van der Waals surface area contributed by atoms with E-state index in [2.05, 4.69) is 10.2 Å². The monoisotopic (exact) mass is 220 g/mol. The summed E-state index contributed by atoms with van der Waals surface area (Å²) in [6.07, 6.45) is 0. The Morgan fingerprint density at radius 3 is 2.46 bits per heavy atom. The zero-order valence-corrected chi connectivity index (χ0v) is 7.71. The number of carbonyl (C=O) groups is 2. The van der Waals surface area contributed by atoms with Crippen molar-refractivity contribution in [3.05, 3.63) is 5.51 Å². The molecule has 1 aromatic heterocycles. The van der Waals surface area contributed by atoms with Crippen LogP contribution in [0.1, 0.15) is 0 Å². The number of aliphatic carboxylic acids is 2. The predicted octanol–water partition coefficient (Wildman–Crippen LogP) is 0.168. The van der Waals surface area contributed by atoms with Crippen LogP contribution >= 0.6 is 23.1 Å². The summed E-state index contributed by atoms with van der Waals surface area (Å²) in [5.74, 6) is -2.79. The molecule has 6 nitrogen and oxygen atoms in total. The molecule has 70 valence electrons. The van der Waals surface area contributed by atoms with Crippen LogP contribution in [0.15, 0.2) is 9.85 Å². The van der Waals surface area contributed by atoms with E-state index in [-0.39, 0.29) is 0 Å². The second kappa shape index (κ2) is 4.19. The van der Waals surface area contributed by atoms with Crippen LogP contribution < -0.4 is 0 Å². The molecule has 0 fully saturated rings. The maximum absolute atomic E-state index is 10.4. The van der Waals surface area contributed by atoms with E-state index < -0.39 is 17.2 Å². The summed E-state index contributed by atoms with van der Waals surface area (Å²) in [5.41, 5.74) is 1.41. The lowest BCUT2D eigenvalue weighted by Gasteiger charge is -2.02. The standard InChI is InChI=1S/C5H4N2O4S2/c8-3(9)2(4(10)11)13-5-7-6-1-12-5/h1-2H,(H,8,9)(H,10,11). The second-order valence-corrected chi connectivity index (χ2v) is 4.06. The maximum atomic E-state index is 10.4. The third-order valence-electron chi connectivity index (χ3n) is 1.01. The van der Waals surface area contributed by atoms with Crippen LogP contribution in [0, 0.1) is 0 Å². The molecule has 0 saturated carbocycles. The quantitative estimate of drug-likeness (QED) is 0.551. The van der Waals surface area contributed by atoms with Gasteiger partial charge >= 0.3 is 11.9 Å². The van der Waals surface area contributed by atoms with Gasteiger partial charge in [-0.15, -0.1) is 10.2 Å². The Labute approximate surface area is 80.6 Å². The van der Waals surface area contributed by atoms with E-state index in [0.29, 0.717) is 16.1 Å². The highest BCUT2D eigenvalue weighted by Crippen LogP contribution is 2.24. The van der Waals surface area contributed by atoms with Gasteiger partial charge in [0.15, 0.2) is 4.34 Å². The van der Waals surface area contributed by atoms with Crippen molar-refractivity contribution < 1.29 is 19.8 Å². The van der Waals surface area contributed by atoms with Crippen molar-refractivity contribution >= 4 is 35.0 Å². The highest BCUT2D eigenvalue weighted by atomic mass is 32.2. The molecule has 0 bridgehead atoms. The van der Waals surface area contributed by atoms with E-state index in [1.54, 1.807) is 0 Å². The van der Waals surface area contributed by atoms with Crippen LogP contribution in [0.5, 0.6) is 0 Å². The van der Waals surface area contributed by atoms with E-state index in [9.17, 15) is 9.59 Å². The fourth-order valence-electron chi connectivity index (χ4n) is 0.522. The molecule has 13 heavy (non-hydrogen) atoms. The van der Waals surface area contributed by atoms with E-state index in [0.717, 1.165) is 11.3 Å². The molecule has 0 radical (unpaired) electrons. The maximum Gasteiger partial charge on any atom is 0.328 e. The molecule has 0 atom stereocenters. The number of aromatic nitrogens is 2. The molecule has 2 N–H and O–H groups in total. The molecular formula is C5H4N2O4S2. The van der Waals surface area contributed by atoms with Crippen LogP contribution in [-0.2, 0) is 9.59 Å². The van der Waals surface area contributed by atoms with Crippen LogP contribution in [0.25, 0.3) is 0 Å². The first-order chi connectivity index (χ1) is 6.11. The Bertz CT molecular complexity index is 298. The topological polar surface area (TPSA) is 100 Å². The lowest BCUT2D eigenvalue weighted by molar-refractivity contribution is -0.146.